The van der Waals surface area contributed by atoms with Crippen LogP contribution in [-0.4, -0.2) is 43.7 Å². The standard InChI is InChI=1S/C13H21NO4/c1-9-4-13(18-3)10(5-12(9)17-2)6-14-7-11(16)8-15/h4-5,11,14-16H,6-8H2,1-3H3. The fourth-order valence-corrected chi connectivity index (χ4v) is 1.69. The molecule has 0 aliphatic carbocycles. The molecule has 102 valence electrons. The van der Waals surface area contributed by atoms with E-state index in [4.69, 9.17) is 14.6 Å². The molecule has 1 aromatic rings. The summed E-state index contributed by atoms with van der Waals surface area (Å²) in [4.78, 5) is 0. The summed E-state index contributed by atoms with van der Waals surface area (Å²) in [5, 5.41) is 21.0. The molecule has 5 nitrogen and oxygen atoms in total. The Hall–Kier alpha value is -1.30. The molecular weight excluding hydrogens is 234 g/mol. The number of benzene rings is 1. The monoisotopic (exact) mass is 255 g/mol. The molecule has 0 aliphatic rings. The highest BCUT2D eigenvalue weighted by Gasteiger charge is 2.09. The molecule has 0 heterocycles. The maximum atomic E-state index is 9.24. The first-order chi connectivity index (χ1) is 8.62. The maximum Gasteiger partial charge on any atom is 0.123 e. The van der Waals surface area contributed by atoms with Crippen LogP contribution >= 0.6 is 0 Å². The van der Waals surface area contributed by atoms with Gasteiger partial charge in [0.1, 0.15) is 11.5 Å². The number of aliphatic hydroxyl groups is 2. The minimum absolute atomic E-state index is 0.249. The van der Waals surface area contributed by atoms with E-state index in [2.05, 4.69) is 5.32 Å². The Kier molecular flexibility index (Phi) is 5.91. The van der Waals surface area contributed by atoms with Crippen LogP contribution in [0.2, 0.25) is 0 Å². The smallest absolute Gasteiger partial charge is 0.123 e. The zero-order valence-corrected chi connectivity index (χ0v) is 11.1. The molecule has 0 fully saturated rings. The molecule has 5 heteroatoms. The number of nitrogens with one attached hydrogen (secondary N) is 1. The number of aliphatic hydroxyl groups excluding tert-OH is 2. The second-order valence-corrected chi connectivity index (χ2v) is 4.10. The number of hydrogen-bond acceptors (Lipinski definition) is 5. The Morgan fingerprint density at radius 1 is 1.22 bits per heavy atom. The van der Waals surface area contributed by atoms with Gasteiger partial charge in [-0.3, -0.25) is 0 Å². The van der Waals surface area contributed by atoms with Crippen molar-refractivity contribution < 1.29 is 19.7 Å². The fraction of sp³-hybridized carbons (Fsp3) is 0.538. The lowest BCUT2D eigenvalue weighted by atomic mass is 10.1. The van der Waals surface area contributed by atoms with E-state index in [1.165, 1.54) is 0 Å². The van der Waals surface area contributed by atoms with E-state index in [9.17, 15) is 5.11 Å². The predicted molar refractivity (Wildman–Crippen MR) is 69.1 cm³/mol. The third-order valence-corrected chi connectivity index (χ3v) is 2.70. The summed E-state index contributed by atoms with van der Waals surface area (Å²) in [6.45, 7) is 2.57. The topological polar surface area (TPSA) is 71.0 Å². The largest absolute Gasteiger partial charge is 0.496 e. The summed E-state index contributed by atoms with van der Waals surface area (Å²) < 4.78 is 10.6. The van der Waals surface area contributed by atoms with E-state index in [1.807, 2.05) is 19.1 Å². The molecule has 0 aliphatic heterocycles. The lowest BCUT2D eigenvalue weighted by Gasteiger charge is -2.14. The van der Waals surface area contributed by atoms with Crippen LogP contribution in [0.1, 0.15) is 11.1 Å². The van der Waals surface area contributed by atoms with Crippen molar-refractivity contribution in [1.29, 1.82) is 0 Å². The van der Waals surface area contributed by atoms with E-state index in [1.54, 1.807) is 14.2 Å². The van der Waals surface area contributed by atoms with Gasteiger partial charge in [-0.2, -0.15) is 0 Å². The summed E-state index contributed by atoms with van der Waals surface area (Å²) >= 11 is 0. The molecule has 1 aromatic carbocycles. The van der Waals surface area contributed by atoms with Crippen LogP contribution in [0.5, 0.6) is 11.5 Å². The van der Waals surface area contributed by atoms with Crippen molar-refractivity contribution in [3.8, 4) is 11.5 Å². The van der Waals surface area contributed by atoms with Crippen molar-refractivity contribution in [2.24, 2.45) is 0 Å². The second-order valence-electron chi connectivity index (χ2n) is 4.10. The fourth-order valence-electron chi connectivity index (χ4n) is 1.69. The Morgan fingerprint density at radius 2 is 1.89 bits per heavy atom. The molecule has 0 amide bonds. The Bertz CT molecular complexity index is 381. The van der Waals surface area contributed by atoms with Crippen molar-refractivity contribution in [2.45, 2.75) is 19.6 Å². The molecule has 0 aromatic heterocycles. The normalized spacial score (nSPS) is 12.3. The van der Waals surface area contributed by atoms with Crippen molar-refractivity contribution >= 4 is 0 Å². The summed E-state index contributed by atoms with van der Waals surface area (Å²) in [7, 11) is 3.24. The number of methoxy groups -OCH3 is 2. The molecular formula is C13H21NO4. The number of hydrogen-bond donors (Lipinski definition) is 3. The van der Waals surface area contributed by atoms with Gasteiger partial charge in [-0.25, -0.2) is 0 Å². The lowest BCUT2D eigenvalue weighted by Crippen LogP contribution is -2.29. The zero-order chi connectivity index (χ0) is 13.5. The third kappa shape index (κ3) is 3.87. The van der Waals surface area contributed by atoms with Crippen LogP contribution in [-0.2, 0) is 6.54 Å². The van der Waals surface area contributed by atoms with Gasteiger partial charge in [-0.1, -0.05) is 0 Å². The molecule has 0 radical (unpaired) electrons. The van der Waals surface area contributed by atoms with E-state index in [0.717, 1.165) is 22.6 Å². The van der Waals surface area contributed by atoms with Gasteiger partial charge in [0.2, 0.25) is 0 Å². The molecule has 18 heavy (non-hydrogen) atoms. The average molecular weight is 255 g/mol. The van der Waals surface area contributed by atoms with Crippen LogP contribution in [0.4, 0.5) is 0 Å². The molecule has 1 unspecified atom stereocenters. The van der Waals surface area contributed by atoms with Crippen LogP contribution < -0.4 is 14.8 Å². The van der Waals surface area contributed by atoms with Crippen LogP contribution in [0.3, 0.4) is 0 Å². The van der Waals surface area contributed by atoms with Crippen LogP contribution in [0.15, 0.2) is 12.1 Å². The molecule has 0 spiro atoms. The Morgan fingerprint density at radius 3 is 2.44 bits per heavy atom. The second kappa shape index (κ2) is 7.20. The van der Waals surface area contributed by atoms with Gasteiger partial charge < -0.3 is 25.0 Å². The quantitative estimate of drug-likeness (QED) is 0.660. The van der Waals surface area contributed by atoms with Gasteiger partial charge >= 0.3 is 0 Å². The highest BCUT2D eigenvalue weighted by Crippen LogP contribution is 2.28. The Labute approximate surface area is 107 Å². The highest BCUT2D eigenvalue weighted by atomic mass is 16.5. The van der Waals surface area contributed by atoms with Gasteiger partial charge in [0.05, 0.1) is 26.9 Å². The minimum atomic E-state index is -0.747. The van der Waals surface area contributed by atoms with Gasteiger partial charge in [0.25, 0.3) is 0 Å². The minimum Gasteiger partial charge on any atom is -0.496 e. The van der Waals surface area contributed by atoms with E-state index < -0.39 is 6.10 Å². The van der Waals surface area contributed by atoms with Gasteiger partial charge in [-0.05, 0) is 24.6 Å². The van der Waals surface area contributed by atoms with Gasteiger partial charge in [-0.15, -0.1) is 0 Å². The number of ether oxygens (including phenoxy) is 2. The zero-order valence-electron chi connectivity index (χ0n) is 11.1. The molecule has 0 bridgehead atoms. The highest BCUT2D eigenvalue weighted by molar-refractivity contribution is 5.45. The van der Waals surface area contributed by atoms with Crippen molar-refractivity contribution in [1.82, 2.24) is 5.32 Å². The molecule has 0 saturated carbocycles. The number of rotatable bonds is 7. The van der Waals surface area contributed by atoms with Crippen molar-refractivity contribution in [2.75, 3.05) is 27.4 Å². The van der Waals surface area contributed by atoms with E-state index >= 15 is 0 Å². The summed E-state index contributed by atoms with van der Waals surface area (Å²) in [5.74, 6) is 1.58. The van der Waals surface area contributed by atoms with Gasteiger partial charge in [0, 0.05) is 18.7 Å². The lowest BCUT2D eigenvalue weighted by molar-refractivity contribution is 0.0942. The summed E-state index contributed by atoms with van der Waals surface area (Å²) in [6.07, 6.45) is -0.747. The van der Waals surface area contributed by atoms with Crippen molar-refractivity contribution in [3.05, 3.63) is 23.3 Å². The van der Waals surface area contributed by atoms with E-state index in [-0.39, 0.29) is 6.61 Å². The van der Waals surface area contributed by atoms with Crippen LogP contribution in [0.25, 0.3) is 0 Å². The molecule has 0 saturated heterocycles. The number of aryl methyl sites for hydroxylation is 1. The molecule has 3 N–H and O–H groups in total. The van der Waals surface area contributed by atoms with E-state index in [0.29, 0.717) is 13.1 Å². The molecule has 1 rings (SSSR count). The first-order valence-electron chi connectivity index (χ1n) is 5.83. The van der Waals surface area contributed by atoms with Crippen LogP contribution in [0, 0.1) is 6.92 Å². The average Bonchev–Trinajstić information content (AvgIpc) is 2.39. The maximum absolute atomic E-state index is 9.24. The first-order valence-corrected chi connectivity index (χ1v) is 5.83. The first kappa shape index (κ1) is 14.8. The third-order valence-electron chi connectivity index (χ3n) is 2.70. The van der Waals surface area contributed by atoms with Gasteiger partial charge in [0.15, 0.2) is 0 Å². The SMILES string of the molecule is COc1cc(CNCC(O)CO)c(OC)cc1C. The summed E-state index contributed by atoms with van der Waals surface area (Å²) in [5.41, 5.74) is 1.96. The predicted octanol–water partition coefficient (Wildman–Crippen LogP) is 0.455. The Balaban J connectivity index is 2.74. The van der Waals surface area contributed by atoms with Crippen molar-refractivity contribution in [3.63, 3.8) is 0 Å². The molecule has 1 atom stereocenters. The summed E-state index contributed by atoms with van der Waals surface area (Å²) in [6, 6.07) is 3.82.